The lowest BCUT2D eigenvalue weighted by atomic mass is 10.1. The number of halogens is 2. The number of amides is 2. The largest absolute Gasteiger partial charge is 0.489 e. The number of imidazole rings is 1. The number of phosphoric ester groups is 2. The summed E-state index contributed by atoms with van der Waals surface area (Å²) in [6, 6.07) is 17.2. The van der Waals surface area contributed by atoms with Crippen LogP contribution in [0.2, 0.25) is 5.02 Å². The lowest BCUT2D eigenvalue weighted by Gasteiger charge is -2.26. The van der Waals surface area contributed by atoms with Crippen molar-refractivity contribution in [2.75, 3.05) is 36.6 Å². The van der Waals surface area contributed by atoms with Gasteiger partial charge in [-0.1, -0.05) is 48.0 Å². The van der Waals surface area contributed by atoms with Gasteiger partial charge in [0.1, 0.15) is 73.0 Å². The Labute approximate surface area is 437 Å². The lowest BCUT2D eigenvalue weighted by Crippen LogP contribution is -2.49. The number of carbonyl (C=O) groups is 3. The molecule has 410 valence electrons. The van der Waals surface area contributed by atoms with Crippen molar-refractivity contribution < 1.29 is 90.1 Å². The van der Waals surface area contributed by atoms with Gasteiger partial charge in [0, 0.05) is 11.9 Å². The second kappa shape index (κ2) is 24.1. The Morgan fingerprint density at radius 3 is 2.21 bits per heavy atom. The van der Waals surface area contributed by atoms with E-state index in [0.29, 0.717) is 21.4 Å². The fraction of sp³-hybridized carbons (Fsp3) is 0.318. The highest BCUT2D eigenvalue weighted by atomic mass is 35.5. The third-order valence-electron chi connectivity index (χ3n) is 11.4. The number of aromatic nitrogens is 6. The first-order valence-electron chi connectivity index (χ1n) is 22.6. The first kappa shape index (κ1) is 56.2. The normalized spacial score (nSPS) is 22.5. The van der Waals surface area contributed by atoms with Crippen LogP contribution in [0.4, 0.5) is 26.5 Å². The van der Waals surface area contributed by atoms with Crippen LogP contribution in [0.25, 0.3) is 11.2 Å². The monoisotopic (exact) mass is 1130 g/mol. The van der Waals surface area contributed by atoms with Crippen molar-refractivity contribution >= 4 is 73.7 Å². The SMILES string of the molecule is Nc1ccn([C@@H]2O[C@H](COP(=O)(O)O)[C@@H](OP(=O)(O)OC[C@H]3O[C@@H](n4cnc5c(N)ncnc54)C(O)C3OC(=O)[C@H](COc3ccccc3Cl)NC(=O)OCc3ccc(NC(=O)Cc4ccc(F)cc4)cc3)[C@H]2O)c(=O)n1. The van der Waals surface area contributed by atoms with Gasteiger partial charge in [-0.25, -0.2) is 42.9 Å². The molecule has 5 heterocycles. The van der Waals surface area contributed by atoms with Gasteiger partial charge < -0.3 is 70.7 Å². The van der Waals surface area contributed by atoms with Crippen LogP contribution in [-0.2, 0) is 64.3 Å². The molecule has 2 aliphatic heterocycles. The van der Waals surface area contributed by atoms with E-state index in [0.717, 1.165) is 24.9 Å². The highest BCUT2D eigenvalue weighted by Gasteiger charge is 2.52. The number of esters is 1. The zero-order valence-electron chi connectivity index (χ0n) is 39.4. The summed E-state index contributed by atoms with van der Waals surface area (Å²) in [5.74, 6) is -2.31. The number of carbonyl (C=O) groups excluding carboxylic acids is 3. The average molecular weight is 1140 g/mol. The van der Waals surface area contributed by atoms with E-state index < -0.39 is 114 Å². The lowest BCUT2D eigenvalue weighted by molar-refractivity contribution is -0.159. The molecule has 8 rings (SSSR count). The molecule has 0 radical (unpaired) electrons. The fourth-order valence-corrected chi connectivity index (χ4v) is 9.27. The van der Waals surface area contributed by atoms with E-state index in [1.807, 2.05) is 0 Å². The number of ether oxygens (including phenoxy) is 5. The highest BCUT2D eigenvalue weighted by Crippen LogP contribution is 2.50. The van der Waals surface area contributed by atoms with Crippen LogP contribution in [-0.4, -0.2) is 134 Å². The van der Waals surface area contributed by atoms with E-state index in [1.165, 1.54) is 41.0 Å². The van der Waals surface area contributed by atoms with E-state index in [4.69, 9.17) is 55.8 Å². The second-order valence-corrected chi connectivity index (χ2v) is 19.9. The summed E-state index contributed by atoms with van der Waals surface area (Å²) in [5.41, 5.74) is 12.0. The van der Waals surface area contributed by atoms with Crippen molar-refractivity contribution in [2.24, 2.45) is 0 Å². The van der Waals surface area contributed by atoms with Gasteiger partial charge in [0.25, 0.3) is 0 Å². The summed E-state index contributed by atoms with van der Waals surface area (Å²) < 4.78 is 84.2. The number of fused-ring (bicyclic) bond motifs is 1. The minimum absolute atomic E-state index is 0.0183. The average Bonchev–Trinajstić information content (AvgIpc) is 4.15. The van der Waals surface area contributed by atoms with Gasteiger partial charge in [-0.15, -0.1) is 0 Å². The number of para-hydroxylation sites is 1. The Balaban J connectivity index is 0.985. The van der Waals surface area contributed by atoms with Crippen LogP contribution < -0.4 is 32.5 Å². The highest BCUT2D eigenvalue weighted by molar-refractivity contribution is 7.47. The minimum Gasteiger partial charge on any atom is -0.489 e. The minimum atomic E-state index is -5.53. The van der Waals surface area contributed by atoms with Gasteiger partial charge in [0.15, 0.2) is 36.1 Å². The zero-order valence-corrected chi connectivity index (χ0v) is 42.0. The Hall–Kier alpha value is -7.02. The predicted octanol–water partition coefficient (Wildman–Crippen LogP) is 1.64. The van der Waals surface area contributed by atoms with Gasteiger partial charge in [-0.2, -0.15) is 4.98 Å². The number of rotatable bonds is 21. The van der Waals surface area contributed by atoms with Crippen molar-refractivity contribution in [1.82, 2.24) is 34.4 Å². The molecular formula is C44H46ClFN10O19P2. The molecule has 2 aliphatic rings. The van der Waals surface area contributed by atoms with Gasteiger partial charge >= 0.3 is 33.4 Å². The number of nitrogens with two attached hydrogens (primary N) is 2. The Morgan fingerprint density at radius 2 is 1.51 bits per heavy atom. The van der Waals surface area contributed by atoms with Crippen molar-refractivity contribution in [2.45, 2.75) is 68.1 Å². The number of aliphatic hydroxyl groups is 2. The topological polar surface area (TPSA) is 415 Å². The summed E-state index contributed by atoms with van der Waals surface area (Å²) in [6.07, 6.45) is -12.6. The third kappa shape index (κ3) is 14.3. The van der Waals surface area contributed by atoms with E-state index in [2.05, 4.69) is 35.1 Å². The molecule has 11 N–H and O–H groups in total. The second-order valence-electron chi connectivity index (χ2n) is 16.8. The van der Waals surface area contributed by atoms with Crippen LogP contribution in [0.1, 0.15) is 23.6 Å². The molecule has 0 spiro atoms. The van der Waals surface area contributed by atoms with E-state index in [1.54, 1.807) is 36.4 Å². The molecule has 3 aromatic carbocycles. The fourth-order valence-electron chi connectivity index (χ4n) is 7.77. The summed E-state index contributed by atoms with van der Waals surface area (Å²) in [7, 11) is -10.8. The number of benzene rings is 3. The maximum Gasteiger partial charge on any atom is 0.472 e. The van der Waals surface area contributed by atoms with E-state index in [-0.39, 0.29) is 52.5 Å². The molecule has 2 fully saturated rings. The molecule has 0 bridgehead atoms. The molecule has 6 aromatic rings. The maximum atomic E-state index is 14.2. The summed E-state index contributed by atoms with van der Waals surface area (Å²) in [4.78, 5) is 98.4. The van der Waals surface area contributed by atoms with E-state index in [9.17, 15) is 57.6 Å². The Bertz CT molecular complexity index is 3250. The first-order chi connectivity index (χ1) is 36.6. The number of nitrogens with one attached hydrogen (secondary N) is 2. The summed E-state index contributed by atoms with van der Waals surface area (Å²) in [6.45, 7) is -3.16. The summed E-state index contributed by atoms with van der Waals surface area (Å²) in [5, 5.41) is 28.3. The molecule has 10 atom stereocenters. The molecule has 2 saturated heterocycles. The molecule has 0 saturated carbocycles. The number of phosphoric acid groups is 2. The van der Waals surface area contributed by atoms with Crippen molar-refractivity contribution in [3.05, 3.63) is 130 Å². The van der Waals surface area contributed by atoms with Crippen LogP contribution >= 0.6 is 27.2 Å². The standard InChI is InChI=1S/C44H46ClFN10O19P2/c45-26-3-1-2-4-28(26)68-17-27(53-44(62)69-16-23-7-11-25(12-8-23)52-32(57)15-22-5-9-24(46)10-6-22)42(60)74-36-29(72-41(34(36)58)56-21-51-33-38(48)49-20-50-39(33)56)19-71-77(66,67)75-37-30(18-70-76(63,64)65)73-40(35(37)59)55-14-13-31(47)54-43(55)61/h1-14,20-21,27,29-30,34-37,40-41,58-59H,15-19H2,(H,52,57)(H,53,62)(H,66,67)(H2,47,54,61)(H2,48,49,50)(H2,63,64,65)/t27-,29+,30+,34?,35+,36?,37+,40+,41+/m0/s1. The van der Waals surface area contributed by atoms with Crippen molar-refractivity contribution in [1.29, 1.82) is 0 Å². The van der Waals surface area contributed by atoms with Crippen LogP contribution in [0, 0.1) is 5.82 Å². The molecule has 3 aromatic heterocycles. The number of hydrogen-bond acceptors (Lipinski definition) is 22. The smallest absolute Gasteiger partial charge is 0.472 e. The van der Waals surface area contributed by atoms with Crippen LogP contribution in [0.3, 0.4) is 0 Å². The maximum absolute atomic E-state index is 14.2. The number of anilines is 3. The third-order valence-corrected chi connectivity index (χ3v) is 13.2. The molecule has 77 heavy (non-hydrogen) atoms. The first-order valence-corrected chi connectivity index (χ1v) is 26.0. The molecule has 2 amide bonds. The number of hydrogen-bond donors (Lipinski definition) is 9. The van der Waals surface area contributed by atoms with Crippen molar-refractivity contribution in [3.8, 4) is 5.75 Å². The van der Waals surface area contributed by atoms with Gasteiger partial charge in [0.05, 0.1) is 31.0 Å². The summed E-state index contributed by atoms with van der Waals surface area (Å²) >= 11 is 6.30. The Morgan fingerprint density at radius 1 is 0.844 bits per heavy atom. The van der Waals surface area contributed by atoms with Gasteiger partial charge in [0.2, 0.25) is 5.91 Å². The molecule has 33 heteroatoms. The van der Waals surface area contributed by atoms with Gasteiger partial charge in [-0.3, -0.25) is 27.5 Å². The zero-order chi connectivity index (χ0) is 55.2. The number of alkyl carbamates (subject to hydrolysis) is 1. The van der Waals surface area contributed by atoms with Crippen molar-refractivity contribution in [3.63, 3.8) is 0 Å². The van der Waals surface area contributed by atoms with Gasteiger partial charge in [-0.05, 0) is 53.6 Å². The quantitative estimate of drug-likeness (QED) is 0.0365. The van der Waals surface area contributed by atoms with Crippen LogP contribution in [0.5, 0.6) is 5.75 Å². The van der Waals surface area contributed by atoms with E-state index >= 15 is 0 Å². The number of nitrogen functional groups attached to an aromatic ring is 2. The number of aliphatic hydroxyl groups excluding tert-OH is 2. The van der Waals surface area contributed by atoms with Crippen LogP contribution in [0.15, 0.2) is 103 Å². The molecule has 3 unspecified atom stereocenters. The molecule has 0 aliphatic carbocycles. The Kier molecular flexibility index (Phi) is 17.6. The molecular weight excluding hydrogens is 1090 g/mol. The predicted molar refractivity (Wildman–Crippen MR) is 260 cm³/mol. The molecule has 29 nitrogen and oxygen atoms in total. The number of nitrogens with zero attached hydrogens (tertiary/aromatic N) is 6.